The number of carbonyl (C=O) groups is 2. The van der Waals surface area contributed by atoms with E-state index in [0.717, 1.165) is 0 Å². The van der Waals surface area contributed by atoms with Gasteiger partial charge in [-0.1, -0.05) is 6.92 Å². The zero-order valence-electron chi connectivity index (χ0n) is 9.90. The first-order valence-electron chi connectivity index (χ1n) is 4.75. The van der Waals surface area contributed by atoms with Gasteiger partial charge in [-0.05, 0) is 13.8 Å². The summed E-state index contributed by atoms with van der Waals surface area (Å²) in [4.78, 5) is 23.9. The third kappa shape index (κ3) is 3.20. The smallest absolute Gasteiger partial charge is 0.329 e. The summed E-state index contributed by atoms with van der Waals surface area (Å²) < 4.78 is 4.85. The molecule has 0 aliphatic rings. The van der Waals surface area contributed by atoms with Crippen LogP contribution in [0.3, 0.4) is 0 Å². The van der Waals surface area contributed by atoms with Crippen LogP contribution in [0.5, 0.6) is 0 Å². The maximum absolute atomic E-state index is 11.8. The van der Waals surface area contributed by atoms with Gasteiger partial charge in [0.2, 0.25) is 5.91 Å². The van der Waals surface area contributed by atoms with Gasteiger partial charge in [0.15, 0.2) is 0 Å². The number of aliphatic carboxylic acids is 1. The standard InChI is InChI=1S/C10H19NO4/c1-7(6-15-5)8(12)11(4)10(2,3)9(13)14/h7H,6H2,1-5H3,(H,13,14). The molecule has 1 amide bonds. The zero-order valence-corrected chi connectivity index (χ0v) is 9.90. The number of carbonyl (C=O) groups excluding carboxylic acids is 1. The number of carboxylic acid groups (broad SMARTS) is 1. The van der Waals surface area contributed by atoms with Crippen molar-refractivity contribution in [2.75, 3.05) is 20.8 Å². The summed E-state index contributed by atoms with van der Waals surface area (Å²) in [6.45, 7) is 4.98. The highest BCUT2D eigenvalue weighted by Gasteiger charge is 2.36. The molecule has 0 rings (SSSR count). The average Bonchev–Trinajstić information content (AvgIpc) is 2.15. The molecule has 0 spiro atoms. The molecule has 0 radical (unpaired) electrons. The molecule has 0 aromatic carbocycles. The Morgan fingerprint density at radius 2 is 1.93 bits per heavy atom. The highest BCUT2D eigenvalue weighted by Crippen LogP contribution is 2.15. The molecule has 15 heavy (non-hydrogen) atoms. The van der Waals surface area contributed by atoms with Crippen molar-refractivity contribution < 1.29 is 19.4 Å². The van der Waals surface area contributed by atoms with Crippen molar-refractivity contribution in [2.24, 2.45) is 5.92 Å². The summed E-state index contributed by atoms with van der Waals surface area (Å²) in [6.07, 6.45) is 0. The van der Waals surface area contributed by atoms with Crippen molar-refractivity contribution in [3.8, 4) is 0 Å². The molecule has 0 bridgehead atoms. The van der Waals surface area contributed by atoms with Gasteiger partial charge in [0.1, 0.15) is 5.54 Å². The maximum Gasteiger partial charge on any atom is 0.329 e. The van der Waals surface area contributed by atoms with Gasteiger partial charge in [0.25, 0.3) is 0 Å². The van der Waals surface area contributed by atoms with Gasteiger partial charge in [-0.25, -0.2) is 4.79 Å². The second-order valence-electron chi connectivity index (χ2n) is 4.12. The second-order valence-corrected chi connectivity index (χ2v) is 4.12. The summed E-state index contributed by atoms with van der Waals surface area (Å²) in [7, 11) is 2.99. The normalized spacial score (nSPS) is 13.4. The van der Waals surface area contributed by atoms with Crippen LogP contribution in [0.25, 0.3) is 0 Å². The Morgan fingerprint density at radius 3 is 2.27 bits per heavy atom. The first-order valence-corrected chi connectivity index (χ1v) is 4.75. The van der Waals surface area contributed by atoms with E-state index in [-0.39, 0.29) is 11.8 Å². The molecule has 0 heterocycles. The maximum atomic E-state index is 11.8. The van der Waals surface area contributed by atoms with E-state index in [4.69, 9.17) is 9.84 Å². The fourth-order valence-corrected chi connectivity index (χ4v) is 1.07. The SMILES string of the molecule is COCC(C)C(=O)N(C)C(C)(C)C(=O)O. The third-order valence-electron chi connectivity index (χ3n) is 2.53. The van der Waals surface area contributed by atoms with E-state index in [1.807, 2.05) is 0 Å². The number of carboxylic acids is 1. The third-order valence-corrected chi connectivity index (χ3v) is 2.53. The first-order chi connectivity index (χ1) is 6.75. The molecular weight excluding hydrogens is 198 g/mol. The van der Waals surface area contributed by atoms with Crippen molar-refractivity contribution >= 4 is 11.9 Å². The molecule has 0 aromatic rings. The van der Waals surface area contributed by atoms with Crippen LogP contribution < -0.4 is 0 Å². The Hall–Kier alpha value is -1.10. The zero-order chi connectivity index (χ0) is 12.2. The molecule has 1 unspecified atom stereocenters. The summed E-state index contributed by atoms with van der Waals surface area (Å²) >= 11 is 0. The molecular formula is C10H19NO4. The minimum Gasteiger partial charge on any atom is -0.480 e. The topological polar surface area (TPSA) is 66.8 Å². The predicted octanol–water partition coefficient (Wildman–Crippen LogP) is 0.590. The number of hydrogen-bond donors (Lipinski definition) is 1. The first kappa shape index (κ1) is 13.9. The molecule has 5 heteroatoms. The van der Waals surface area contributed by atoms with Gasteiger partial charge in [0.05, 0.1) is 12.5 Å². The summed E-state index contributed by atoms with van der Waals surface area (Å²) in [5.74, 6) is -1.59. The van der Waals surface area contributed by atoms with Gasteiger partial charge in [-0.2, -0.15) is 0 Å². The van der Waals surface area contributed by atoms with E-state index >= 15 is 0 Å². The lowest BCUT2D eigenvalue weighted by molar-refractivity contribution is -0.157. The Balaban J connectivity index is 4.64. The summed E-state index contributed by atoms with van der Waals surface area (Å²) in [5.41, 5.74) is -1.20. The van der Waals surface area contributed by atoms with E-state index < -0.39 is 11.5 Å². The van der Waals surface area contributed by atoms with E-state index in [1.54, 1.807) is 6.92 Å². The lowest BCUT2D eigenvalue weighted by Crippen LogP contribution is -2.52. The largest absolute Gasteiger partial charge is 0.480 e. The van der Waals surface area contributed by atoms with Crippen molar-refractivity contribution in [2.45, 2.75) is 26.3 Å². The Bertz CT molecular complexity index is 250. The summed E-state index contributed by atoms with van der Waals surface area (Å²) in [6, 6.07) is 0. The molecule has 1 N–H and O–H groups in total. The van der Waals surface area contributed by atoms with Crippen LogP contribution >= 0.6 is 0 Å². The molecule has 0 fully saturated rings. The van der Waals surface area contributed by atoms with Gasteiger partial charge >= 0.3 is 5.97 Å². The van der Waals surface area contributed by atoms with Crippen molar-refractivity contribution in [3.05, 3.63) is 0 Å². The highest BCUT2D eigenvalue weighted by molar-refractivity contribution is 5.87. The fraction of sp³-hybridized carbons (Fsp3) is 0.800. The monoisotopic (exact) mass is 217 g/mol. The Kier molecular flexibility index (Phi) is 4.74. The van der Waals surface area contributed by atoms with Crippen LogP contribution in [-0.2, 0) is 14.3 Å². The minimum atomic E-state index is -1.20. The number of hydrogen-bond acceptors (Lipinski definition) is 3. The molecule has 0 aromatic heterocycles. The van der Waals surface area contributed by atoms with Crippen LogP contribution in [0.2, 0.25) is 0 Å². The molecule has 0 saturated carbocycles. The van der Waals surface area contributed by atoms with Crippen LogP contribution in [0, 0.1) is 5.92 Å². The minimum absolute atomic E-state index is 0.232. The van der Waals surface area contributed by atoms with Crippen LogP contribution in [0.1, 0.15) is 20.8 Å². The van der Waals surface area contributed by atoms with Crippen molar-refractivity contribution in [3.63, 3.8) is 0 Å². The quantitative estimate of drug-likeness (QED) is 0.732. The van der Waals surface area contributed by atoms with Crippen molar-refractivity contribution in [1.82, 2.24) is 4.90 Å². The lowest BCUT2D eigenvalue weighted by Gasteiger charge is -2.33. The molecule has 0 aliphatic heterocycles. The summed E-state index contributed by atoms with van der Waals surface area (Å²) in [5, 5.41) is 8.95. The van der Waals surface area contributed by atoms with Crippen LogP contribution in [0.4, 0.5) is 0 Å². The lowest BCUT2D eigenvalue weighted by atomic mass is 10.0. The van der Waals surface area contributed by atoms with Gasteiger partial charge in [-0.3, -0.25) is 4.79 Å². The molecule has 88 valence electrons. The average molecular weight is 217 g/mol. The number of ether oxygens (including phenoxy) is 1. The Morgan fingerprint density at radius 1 is 1.47 bits per heavy atom. The number of likely N-dealkylation sites (N-methyl/N-ethyl adjacent to an activating group) is 1. The highest BCUT2D eigenvalue weighted by atomic mass is 16.5. The van der Waals surface area contributed by atoms with Gasteiger partial charge < -0.3 is 14.7 Å². The molecule has 1 atom stereocenters. The molecule has 0 saturated heterocycles. The fourth-order valence-electron chi connectivity index (χ4n) is 1.07. The van der Waals surface area contributed by atoms with Crippen LogP contribution in [0.15, 0.2) is 0 Å². The number of amides is 1. The van der Waals surface area contributed by atoms with Gasteiger partial charge in [-0.15, -0.1) is 0 Å². The second kappa shape index (κ2) is 5.11. The van der Waals surface area contributed by atoms with E-state index in [1.165, 1.54) is 32.9 Å². The molecule has 5 nitrogen and oxygen atoms in total. The van der Waals surface area contributed by atoms with E-state index in [0.29, 0.717) is 6.61 Å². The van der Waals surface area contributed by atoms with Crippen molar-refractivity contribution in [1.29, 1.82) is 0 Å². The Labute approximate surface area is 90.0 Å². The number of nitrogens with zero attached hydrogens (tertiary/aromatic N) is 1. The predicted molar refractivity (Wildman–Crippen MR) is 55.5 cm³/mol. The van der Waals surface area contributed by atoms with E-state index in [2.05, 4.69) is 0 Å². The van der Waals surface area contributed by atoms with Crippen LogP contribution in [-0.4, -0.2) is 48.2 Å². The number of methoxy groups -OCH3 is 1. The number of rotatable bonds is 5. The van der Waals surface area contributed by atoms with Gasteiger partial charge in [0, 0.05) is 14.2 Å². The van der Waals surface area contributed by atoms with E-state index in [9.17, 15) is 9.59 Å². The molecule has 0 aliphatic carbocycles.